The molecule has 2 aromatic carbocycles. The van der Waals surface area contributed by atoms with E-state index in [9.17, 15) is 9.82 Å². The molecule has 0 aromatic heterocycles. The van der Waals surface area contributed by atoms with Crippen LogP contribution in [0.2, 0.25) is 0 Å². The van der Waals surface area contributed by atoms with E-state index in [4.69, 9.17) is 4.65 Å². The number of rotatable bonds is 2. The SMILES string of the molecule is Cc1ccccc1C(=O)Nc1ccc2c(c1)B(O)OC2C. The number of carbonyl (C=O) groups is 1. The second-order valence-corrected chi connectivity index (χ2v) is 5.24. The molecule has 4 nitrogen and oxygen atoms in total. The van der Waals surface area contributed by atoms with Gasteiger partial charge in [-0.25, -0.2) is 0 Å². The highest BCUT2D eigenvalue weighted by Gasteiger charge is 2.32. The van der Waals surface area contributed by atoms with E-state index in [1.165, 1.54) is 0 Å². The molecule has 0 spiro atoms. The Morgan fingerprint density at radius 1 is 1.29 bits per heavy atom. The molecule has 21 heavy (non-hydrogen) atoms. The highest BCUT2D eigenvalue weighted by molar-refractivity contribution is 6.61. The molecule has 1 aliphatic heterocycles. The molecule has 2 aromatic rings. The summed E-state index contributed by atoms with van der Waals surface area (Å²) in [4.78, 5) is 12.3. The van der Waals surface area contributed by atoms with Gasteiger partial charge in [-0.05, 0) is 48.6 Å². The lowest BCUT2D eigenvalue weighted by Gasteiger charge is -2.09. The molecule has 1 amide bonds. The second-order valence-electron chi connectivity index (χ2n) is 5.24. The van der Waals surface area contributed by atoms with E-state index in [-0.39, 0.29) is 12.0 Å². The van der Waals surface area contributed by atoms with Gasteiger partial charge in [-0.15, -0.1) is 0 Å². The number of benzene rings is 2. The fourth-order valence-corrected chi connectivity index (χ4v) is 2.60. The van der Waals surface area contributed by atoms with Crippen LogP contribution in [0.3, 0.4) is 0 Å². The third-order valence-electron chi connectivity index (χ3n) is 3.77. The van der Waals surface area contributed by atoms with Crippen LogP contribution in [0.1, 0.15) is 34.5 Å². The summed E-state index contributed by atoms with van der Waals surface area (Å²) in [6.45, 7) is 3.79. The highest BCUT2D eigenvalue weighted by atomic mass is 16.5. The number of hydrogen-bond acceptors (Lipinski definition) is 3. The molecule has 0 fully saturated rings. The first-order valence-corrected chi connectivity index (χ1v) is 6.90. The quantitative estimate of drug-likeness (QED) is 0.828. The first-order chi connectivity index (χ1) is 10.1. The van der Waals surface area contributed by atoms with E-state index in [0.717, 1.165) is 11.1 Å². The van der Waals surface area contributed by atoms with E-state index < -0.39 is 7.12 Å². The van der Waals surface area contributed by atoms with Crippen molar-refractivity contribution in [1.29, 1.82) is 0 Å². The third kappa shape index (κ3) is 2.58. The van der Waals surface area contributed by atoms with Gasteiger partial charge >= 0.3 is 7.12 Å². The Labute approximate surface area is 123 Å². The molecule has 106 valence electrons. The zero-order valence-corrected chi connectivity index (χ0v) is 12.0. The number of nitrogens with one attached hydrogen (secondary N) is 1. The van der Waals surface area contributed by atoms with Crippen molar-refractivity contribution in [2.45, 2.75) is 20.0 Å². The third-order valence-corrected chi connectivity index (χ3v) is 3.77. The summed E-state index contributed by atoms with van der Waals surface area (Å²) in [7, 11) is -0.926. The van der Waals surface area contributed by atoms with Crippen LogP contribution in [-0.4, -0.2) is 18.0 Å². The summed E-state index contributed by atoms with van der Waals surface area (Å²) in [6.07, 6.45) is -0.129. The van der Waals surface area contributed by atoms with Crippen LogP contribution in [-0.2, 0) is 4.65 Å². The van der Waals surface area contributed by atoms with Gasteiger partial charge in [-0.3, -0.25) is 4.79 Å². The normalized spacial score (nSPS) is 16.7. The molecule has 1 heterocycles. The first kappa shape index (κ1) is 13.9. The van der Waals surface area contributed by atoms with Crippen LogP contribution in [0, 0.1) is 6.92 Å². The van der Waals surface area contributed by atoms with Crippen LogP contribution in [0.25, 0.3) is 0 Å². The molecule has 2 N–H and O–H groups in total. The Kier molecular flexibility index (Phi) is 3.53. The van der Waals surface area contributed by atoms with Crippen molar-refractivity contribution >= 4 is 24.2 Å². The number of carbonyl (C=O) groups excluding carboxylic acids is 1. The molecule has 0 saturated heterocycles. The lowest BCUT2D eigenvalue weighted by Crippen LogP contribution is -2.28. The van der Waals surface area contributed by atoms with Crippen LogP contribution in [0.5, 0.6) is 0 Å². The minimum Gasteiger partial charge on any atom is -0.423 e. The fraction of sp³-hybridized carbons (Fsp3) is 0.188. The Bertz CT molecular complexity index is 702. The van der Waals surface area contributed by atoms with Gasteiger partial charge in [0.2, 0.25) is 0 Å². The molecule has 3 rings (SSSR count). The maximum absolute atomic E-state index is 12.3. The molecule has 1 aliphatic rings. The number of amides is 1. The van der Waals surface area contributed by atoms with Crippen molar-refractivity contribution < 1.29 is 14.5 Å². The van der Waals surface area contributed by atoms with Crippen molar-refractivity contribution in [2.24, 2.45) is 0 Å². The zero-order chi connectivity index (χ0) is 15.0. The van der Waals surface area contributed by atoms with Gasteiger partial charge in [0.25, 0.3) is 5.91 Å². The second kappa shape index (κ2) is 5.35. The summed E-state index contributed by atoms with van der Waals surface area (Å²) < 4.78 is 5.34. The lowest BCUT2D eigenvalue weighted by molar-refractivity contribution is 0.102. The zero-order valence-electron chi connectivity index (χ0n) is 12.0. The van der Waals surface area contributed by atoms with E-state index in [1.54, 1.807) is 12.1 Å². The van der Waals surface area contributed by atoms with Crippen molar-refractivity contribution in [3.63, 3.8) is 0 Å². The largest absolute Gasteiger partial charge is 0.492 e. The van der Waals surface area contributed by atoms with Gasteiger partial charge in [0, 0.05) is 11.3 Å². The topological polar surface area (TPSA) is 58.6 Å². The molecule has 1 atom stereocenters. The fourth-order valence-electron chi connectivity index (χ4n) is 2.60. The molecular weight excluding hydrogens is 265 g/mol. The monoisotopic (exact) mass is 281 g/mol. The van der Waals surface area contributed by atoms with Crippen molar-refractivity contribution in [1.82, 2.24) is 0 Å². The minimum atomic E-state index is -0.926. The minimum absolute atomic E-state index is 0.129. The van der Waals surface area contributed by atoms with Gasteiger partial charge < -0.3 is 15.0 Å². The maximum atomic E-state index is 12.3. The average Bonchev–Trinajstić information content (AvgIpc) is 2.74. The summed E-state index contributed by atoms with van der Waals surface area (Å²) in [5.74, 6) is -0.158. The molecule has 0 bridgehead atoms. The molecule has 0 aliphatic carbocycles. The summed E-state index contributed by atoms with van der Waals surface area (Å²) >= 11 is 0. The van der Waals surface area contributed by atoms with Crippen LogP contribution >= 0.6 is 0 Å². The van der Waals surface area contributed by atoms with Crippen molar-refractivity contribution in [3.05, 3.63) is 59.2 Å². The number of hydrogen-bond donors (Lipinski definition) is 2. The van der Waals surface area contributed by atoms with E-state index in [1.807, 2.05) is 44.2 Å². The maximum Gasteiger partial charge on any atom is 0.492 e. The summed E-state index contributed by atoms with van der Waals surface area (Å²) in [6, 6.07) is 12.9. The van der Waals surface area contributed by atoms with Crippen LogP contribution < -0.4 is 10.8 Å². The number of anilines is 1. The van der Waals surface area contributed by atoms with Crippen LogP contribution in [0.4, 0.5) is 5.69 Å². The molecule has 0 radical (unpaired) electrons. The molecular formula is C16H16BNO3. The van der Waals surface area contributed by atoms with Gasteiger partial charge in [-0.1, -0.05) is 24.3 Å². The predicted molar refractivity (Wildman–Crippen MR) is 82.7 cm³/mol. The Balaban J connectivity index is 1.85. The van der Waals surface area contributed by atoms with Gasteiger partial charge in [-0.2, -0.15) is 0 Å². The van der Waals surface area contributed by atoms with Gasteiger partial charge in [0.15, 0.2) is 0 Å². The van der Waals surface area contributed by atoms with Gasteiger partial charge in [0.1, 0.15) is 0 Å². The lowest BCUT2D eigenvalue weighted by atomic mass is 9.79. The Morgan fingerprint density at radius 3 is 2.81 bits per heavy atom. The van der Waals surface area contributed by atoms with Crippen LogP contribution in [0.15, 0.2) is 42.5 Å². The summed E-state index contributed by atoms with van der Waals surface area (Å²) in [5, 5.41) is 12.7. The van der Waals surface area contributed by atoms with Gasteiger partial charge in [0.05, 0.1) is 6.10 Å². The molecule has 0 saturated carbocycles. The molecule has 1 unspecified atom stereocenters. The summed E-state index contributed by atoms with van der Waals surface area (Å²) in [5.41, 5.74) is 3.89. The standard InChI is InChI=1S/C16H16BNO3/c1-10-5-3-4-6-13(10)16(19)18-12-7-8-14-11(2)21-17(20)15(14)9-12/h3-9,11,20H,1-2H3,(H,18,19). The van der Waals surface area contributed by atoms with E-state index >= 15 is 0 Å². The van der Waals surface area contributed by atoms with Crippen molar-refractivity contribution in [3.8, 4) is 0 Å². The predicted octanol–water partition coefficient (Wildman–Crippen LogP) is 2.03. The highest BCUT2D eigenvalue weighted by Crippen LogP contribution is 2.24. The number of aryl methyl sites for hydroxylation is 1. The van der Waals surface area contributed by atoms with E-state index in [2.05, 4.69) is 5.32 Å². The Hall–Kier alpha value is -2.11. The molecule has 5 heteroatoms. The first-order valence-electron chi connectivity index (χ1n) is 6.90. The average molecular weight is 281 g/mol. The van der Waals surface area contributed by atoms with Crippen molar-refractivity contribution in [2.75, 3.05) is 5.32 Å². The van der Waals surface area contributed by atoms with E-state index in [0.29, 0.717) is 16.7 Å². The number of fused-ring (bicyclic) bond motifs is 1. The Morgan fingerprint density at radius 2 is 2.05 bits per heavy atom. The smallest absolute Gasteiger partial charge is 0.423 e.